The van der Waals surface area contributed by atoms with Crippen molar-refractivity contribution in [1.29, 1.82) is 0 Å². The topological polar surface area (TPSA) is 101 Å². The lowest BCUT2D eigenvalue weighted by molar-refractivity contribution is -0.148. The molecule has 0 aliphatic heterocycles. The number of carbonyl (C=O) groups excluding carboxylic acids is 2. The van der Waals surface area contributed by atoms with Gasteiger partial charge in [0.25, 0.3) is 0 Å². The van der Waals surface area contributed by atoms with Crippen molar-refractivity contribution in [2.24, 2.45) is 0 Å². The van der Waals surface area contributed by atoms with Crippen LogP contribution in [0.15, 0.2) is 12.2 Å². The Kier molecular flexibility index (Phi) is 6.81. The van der Waals surface area contributed by atoms with Crippen LogP contribution in [0.4, 0.5) is 0 Å². The molecule has 6 heteroatoms. The molecule has 2 N–H and O–H groups in total. The van der Waals surface area contributed by atoms with E-state index in [4.69, 9.17) is 5.11 Å². The summed E-state index contributed by atoms with van der Waals surface area (Å²) in [6, 6.07) is 0. The van der Waals surface area contributed by atoms with Gasteiger partial charge in [-0.15, -0.1) is 0 Å². The zero-order chi connectivity index (χ0) is 13.4. The molecule has 0 aromatic heterocycles. The Morgan fingerprint density at radius 3 is 2.35 bits per heavy atom. The molecule has 0 aromatic rings. The summed E-state index contributed by atoms with van der Waals surface area (Å²) in [7, 11) is 0. The van der Waals surface area contributed by atoms with E-state index in [2.05, 4.69) is 11.3 Å². The SMILES string of the molecule is C=C(C)C(=O)C(O)CCOC(=O)CCC(=O)O. The van der Waals surface area contributed by atoms with Gasteiger partial charge in [-0.25, -0.2) is 0 Å². The molecule has 0 aliphatic carbocycles. The standard InChI is InChI=1S/C11H16O6/c1-7(2)11(16)8(12)5-6-17-10(15)4-3-9(13)14/h8,12H,1,3-6H2,2H3,(H,13,14). The molecule has 6 nitrogen and oxygen atoms in total. The maximum atomic E-state index is 11.2. The van der Waals surface area contributed by atoms with Gasteiger partial charge in [0, 0.05) is 6.42 Å². The van der Waals surface area contributed by atoms with Crippen LogP contribution in [-0.2, 0) is 19.1 Å². The fourth-order valence-electron chi connectivity index (χ4n) is 0.981. The van der Waals surface area contributed by atoms with E-state index in [9.17, 15) is 19.5 Å². The van der Waals surface area contributed by atoms with E-state index in [1.54, 1.807) is 0 Å². The molecule has 0 heterocycles. The van der Waals surface area contributed by atoms with Gasteiger partial charge in [-0.1, -0.05) is 6.58 Å². The lowest BCUT2D eigenvalue weighted by Crippen LogP contribution is -2.23. The highest BCUT2D eigenvalue weighted by molar-refractivity contribution is 5.97. The van der Waals surface area contributed by atoms with E-state index < -0.39 is 23.8 Å². The van der Waals surface area contributed by atoms with Gasteiger partial charge in [-0.3, -0.25) is 14.4 Å². The van der Waals surface area contributed by atoms with Crippen molar-refractivity contribution in [2.45, 2.75) is 32.3 Å². The number of hydrogen-bond acceptors (Lipinski definition) is 5. The Balaban J connectivity index is 3.76. The van der Waals surface area contributed by atoms with Gasteiger partial charge in [0.2, 0.25) is 0 Å². The zero-order valence-electron chi connectivity index (χ0n) is 9.64. The molecule has 0 saturated carbocycles. The van der Waals surface area contributed by atoms with Crippen LogP contribution >= 0.6 is 0 Å². The van der Waals surface area contributed by atoms with Crippen molar-refractivity contribution < 1.29 is 29.3 Å². The third-order valence-corrected chi connectivity index (χ3v) is 1.92. The van der Waals surface area contributed by atoms with E-state index in [1.807, 2.05) is 0 Å². The van der Waals surface area contributed by atoms with Crippen molar-refractivity contribution in [2.75, 3.05) is 6.61 Å². The number of ether oxygens (including phenoxy) is 1. The van der Waals surface area contributed by atoms with Gasteiger partial charge in [0.1, 0.15) is 6.10 Å². The summed E-state index contributed by atoms with van der Waals surface area (Å²) >= 11 is 0. The van der Waals surface area contributed by atoms with Crippen molar-refractivity contribution in [3.8, 4) is 0 Å². The van der Waals surface area contributed by atoms with Crippen LogP contribution in [0, 0.1) is 0 Å². The molecule has 0 rings (SSSR count). The van der Waals surface area contributed by atoms with Crippen molar-refractivity contribution in [3.05, 3.63) is 12.2 Å². The van der Waals surface area contributed by atoms with Crippen molar-refractivity contribution >= 4 is 17.7 Å². The number of aliphatic hydroxyl groups excluding tert-OH is 1. The van der Waals surface area contributed by atoms with Gasteiger partial charge < -0.3 is 14.9 Å². The van der Waals surface area contributed by atoms with E-state index >= 15 is 0 Å². The van der Waals surface area contributed by atoms with Gasteiger partial charge in [-0.05, 0) is 12.5 Å². The molecule has 17 heavy (non-hydrogen) atoms. The first-order valence-electron chi connectivity index (χ1n) is 5.09. The minimum Gasteiger partial charge on any atom is -0.481 e. The fraction of sp³-hybridized carbons (Fsp3) is 0.545. The molecule has 96 valence electrons. The highest BCUT2D eigenvalue weighted by Gasteiger charge is 2.16. The number of Topliss-reactive ketones (excluding diaryl/α,β-unsaturated/α-hetero) is 1. The number of hydrogen-bond donors (Lipinski definition) is 2. The summed E-state index contributed by atoms with van der Waals surface area (Å²) in [5.74, 6) is -2.24. The van der Waals surface area contributed by atoms with Gasteiger partial charge in [-0.2, -0.15) is 0 Å². The third-order valence-electron chi connectivity index (χ3n) is 1.92. The van der Waals surface area contributed by atoms with Crippen molar-refractivity contribution in [1.82, 2.24) is 0 Å². The minimum absolute atomic E-state index is 0.0233. The van der Waals surface area contributed by atoms with Crippen LogP contribution in [0.2, 0.25) is 0 Å². The molecular formula is C11H16O6. The molecule has 1 unspecified atom stereocenters. The Hall–Kier alpha value is -1.69. The maximum absolute atomic E-state index is 11.2. The van der Waals surface area contributed by atoms with Gasteiger partial charge in [0.05, 0.1) is 19.4 Å². The monoisotopic (exact) mass is 244 g/mol. The molecule has 0 fully saturated rings. The molecule has 0 bridgehead atoms. The average Bonchev–Trinajstić information content (AvgIpc) is 2.24. The van der Waals surface area contributed by atoms with Crippen molar-refractivity contribution in [3.63, 3.8) is 0 Å². The smallest absolute Gasteiger partial charge is 0.306 e. The highest BCUT2D eigenvalue weighted by atomic mass is 16.5. The Morgan fingerprint density at radius 1 is 1.29 bits per heavy atom. The van der Waals surface area contributed by atoms with Crippen LogP contribution in [0.5, 0.6) is 0 Å². The lowest BCUT2D eigenvalue weighted by atomic mass is 10.1. The maximum Gasteiger partial charge on any atom is 0.306 e. The Bertz CT molecular complexity index is 320. The second-order valence-electron chi connectivity index (χ2n) is 3.56. The number of ketones is 1. The number of esters is 1. The fourth-order valence-corrected chi connectivity index (χ4v) is 0.981. The van der Waals surface area contributed by atoms with E-state index in [-0.39, 0.29) is 31.4 Å². The second-order valence-corrected chi connectivity index (χ2v) is 3.56. The average molecular weight is 244 g/mol. The van der Waals surface area contributed by atoms with Crippen LogP contribution in [0.3, 0.4) is 0 Å². The Morgan fingerprint density at radius 2 is 1.88 bits per heavy atom. The zero-order valence-corrected chi connectivity index (χ0v) is 9.64. The summed E-state index contributed by atoms with van der Waals surface area (Å²) in [6.45, 7) is 4.74. The molecule has 0 aromatic carbocycles. The Labute approximate surface area is 98.9 Å². The number of aliphatic hydroxyl groups is 1. The number of carboxylic acid groups (broad SMARTS) is 1. The minimum atomic E-state index is -1.24. The van der Waals surface area contributed by atoms with Crippen LogP contribution in [0.25, 0.3) is 0 Å². The number of aliphatic carboxylic acids is 1. The quantitative estimate of drug-likeness (QED) is 0.470. The molecule has 0 saturated heterocycles. The first kappa shape index (κ1) is 15.3. The van der Waals surface area contributed by atoms with Crippen LogP contribution in [-0.4, -0.2) is 40.6 Å². The van der Waals surface area contributed by atoms with Crippen LogP contribution in [0.1, 0.15) is 26.2 Å². The second kappa shape index (κ2) is 7.56. The summed E-state index contributed by atoms with van der Waals surface area (Å²) in [5.41, 5.74) is 0.231. The first-order valence-corrected chi connectivity index (χ1v) is 5.09. The van der Waals surface area contributed by atoms with E-state index in [1.165, 1.54) is 6.92 Å². The highest BCUT2D eigenvalue weighted by Crippen LogP contribution is 2.02. The third kappa shape index (κ3) is 7.24. The predicted octanol–water partition coefficient (Wildman–Crippen LogP) is 0.291. The molecule has 0 amide bonds. The van der Waals surface area contributed by atoms with Crippen LogP contribution < -0.4 is 0 Å². The number of carboxylic acids is 1. The molecule has 0 spiro atoms. The summed E-state index contributed by atoms with van der Waals surface area (Å²) in [6.07, 6.45) is -1.78. The number of carbonyl (C=O) groups is 3. The molecule has 0 radical (unpaired) electrons. The summed E-state index contributed by atoms with van der Waals surface area (Å²) in [4.78, 5) is 32.3. The molecular weight excluding hydrogens is 228 g/mol. The van der Waals surface area contributed by atoms with E-state index in [0.717, 1.165) is 0 Å². The molecule has 1 atom stereocenters. The first-order chi connectivity index (χ1) is 7.84. The predicted molar refractivity (Wildman–Crippen MR) is 58.3 cm³/mol. The van der Waals surface area contributed by atoms with E-state index in [0.29, 0.717) is 0 Å². The lowest BCUT2D eigenvalue weighted by Gasteiger charge is -2.09. The number of rotatable bonds is 8. The summed E-state index contributed by atoms with van der Waals surface area (Å²) < 4.78 is 4.65. The van der Waals surface area contributed by atoms with Gasteiger partial charge in [0.15, 0.2) is 5.78 Å². The van der Waals surface area contributed by atoms with Gasteiger partial charge >= 0.3 is 11.9 Å². The molecule has 0 aliphatic rings. The largest absolute Gasteiger partial charge is 0.481 e. The summed E-state index contributed by atoms with van der Waals surface area (Å²) in [5, 5.41) is 17.6. The normalized spacial score (nSPS) is 11.6.